The zero-order valence-electron chi connectivity index (χ0n) is 8.36. The zero-order chi connectivity index (χ0) is 10.2. The second-order valence-electron chi connectivity index (χ2n) is 4.17. The van der Waals surface area contributed by atoms with Crippen LogP contribution in [0.1, 0.15) is 19.8 Å². The SMILES string of the molecule is CC1OCCC1(C(=O)O)C1CCOC1. The molecule has 80 valence electrons. The van der Waals surface area contributed by atoms with Crippen molar-refractivity contribution < 1.29 is 19.4 Å². The molecule has 0 bridgehead atoms. The van der Waals surface area contributed by atoms with E-state index in [9.17, 15) is 9.90 Å². The first-order chi connectivity index (χ1) is 6.68. The molecule has 3 unspecified atom stereocenters. The maximum absolute atomic E-state index is 11.4. The smallest absolute Gasteiger partial charge is 0.312 e. The summed E-state index contributed by atoms with van der Waals surface area (Å²) < 4.78 is 10.7. The van der Waals surface area contributed by atoms with Crippen molar-refractivity contribution in [2.75, 3.05) is 19.8 Å². The van der Waals surface area contributed by atoms with Crippen LogP contribution >= 0.6 is 0 Å². The Morgan fingerprint density at radius 2 is 2.29 bits per heavy atom. The lowest BCUT2D eigenvalue weighted by atomic mass is 9.70. The average molecular weight is 200 g/mol. The lowest BCUT2D eigenvalue weighted by molar-refractivity contribution is -0.156. The van der Waals surface area contributed by atoms with Gasteiger partial charge in [0.1, 0.15) is 5.41 Å². The Morgan fingerprint density at radius 3 is 2.71 bits per heavy atom. The Bertz CT molecular complexity index is 234. The molecule has 4 nitrogen and oxygen atoms in total. The van der Waals surface area contributed by atoms with Gasteiger partial charge in [-0.25, -0.2) is 0 Å². The van der Waals surface area contributed by atoms with Crippen molar-refractivity contribution in [3.63, 3.8) is 0 Å². The van der Waals surface area contributed by atoms with Gasteiger partial charge in [-0.2, -0.15) is 0 Å². The lowest BCUT2D eigenvalue weighted by Gasteiger charge is -2.32. The van der Waals surface area contributed by atoms with Crippen LogP contribution in [0.3, 0.4) is 0 Å². The molecule has 0 spiro atoms. The van der Waals surface area contributed by atoms with Crippen molar-refractivity contribution in [3.8, 4) is 0 Å². The van der Waals surface area contributed by atoms with Gasteiger partial charge in [-0.05, 0) is 19.8 Å². The number of ether oxygens (including phenoxy) is 2. The largest absolute Gasteiger partial charge is 0.481 e. The maximum Gasteiger partial charge on any atom is 0.312 e. The average Bonchev–Trinajstić information content (AvgIpc) is 2.72. The molecule has 0 radical (unpaired) electrons. The van der Waals surface area contributed by atoms with Gasteiger partial charge in [-0.15, -0.1) is 0 Å². The highest BCUT2D eigenvalue weighted by atomic mass is 16.5. The van der Waals surface area contributed by atoms with Gasteiger partial charge < -0.3 is 14.6 Å². The van der Waals surface area contributed by atoms with E-state index in [1.807, 2.05) is 6.92 Å². The lowest BCUT2D eigenvalue weighted by Crippen LogP contribution is -2.44. The Morgan fingerprint density at radius 1 is 1.50 bits per heavy atom. The molecule has 0 saturated carbocycles. The summed E-state index contributed by atoms with van der Waals surface area (Å²) in [4.78, 5) is 11.4. The molecule has 0 aliphatic carbocycles. The fraction of sp³-hybridized carbons (Fsp3) is 0.900. The van der Waals surface area contributed by atoms with Crippen molar-refractivity contribution in [2.24, 2.45) is 11.3 Å². The van der Waals surface area contributed by atoms with Gasteiger partial charge in [0.15, 0.2) is 0 Å². The normalized spacial score (nSPS) is 42.9. The van der Waals surface area contributed by atoms with Crippen LogP contribution in [0.4, 0.5) is 0 Å². The van der Waals surface area contributed by atoms with E-state index < -0.39 is 11.4 Å². The van der Waals surface area contributed by atoms with Gasteiger partial charge >= 0.3 is 5.97 Å². The van der Waals surface area contributed by atoms with Crippen LogP contribution in [0.2, 0.25) is 0 Å². The molecule has 0 amide bonds. The summed E-state index contributed by atoms with van der Waals surface area (Å²) in [6.45, 7) is 3.68. The number of carbonyl (C=O) groups is 1. The minimum atomic E-state index is -0.724. The highest BCUT2D eigenvalue weighted by Crippen LogP contribution is 2.45. The van der Waals surface area contributed by atoms with E-state index in [-0.39, 0.29) is 12.0 Å². The Kier molecular flexibility index (Phi) is 2.49. The van der Waals surface area contributed by atoms with Crippen molar-refractivity contribution >= 4 is 5.97 Å². The van der Waals surface area contributed by atoms with E-state index >= 15 is 0 Å². The molecule has 0 aromatic heterocycles. The molecular weight excluding hydrogens is 184 g/mol. The fourth-order valence-electron chi connectivity index (χ4n) is 2.69. The third kappa shape index (κ3) is 1.25. The van der Waals surface area contributed by atoms with Gasteiger partial charge in [-0.1, -0.05) is 0 Å². The van der Waals surface area contributed by atoms with Crippen LogP contribution in [-0.2, 0) is 14.3 Å². The van der Waals surface area contributed by atoms with Gasteiger partial charge in [0.25, 0.3) is 0 Å². The molecule has 2 fully saturated rings. The Balaban J connectivity index is 2.25. The van der Waals surface area contributed by atoms with Crippen LogP contribution in [0, 0.1) is 11.3 Å². The van der Waals surface area contributed by atoms with Gasteiger partial charge in [0.05, 0.1) is 12.7 Å². The van der Waals surface area contributed by atoms with E-state index in [4.69, 9.17) is 9.47 Å². The van der Waals surface area contributed by atoms with Crippen molar-refractivity contribution in [3.05, 3.63) is 0 Å². The molecule has 4 heteroatoms. The number of carboxylic acid groups (broad SMARTS) is 1. The molecule has 14 heavy (non-hydrogen) atoms. The Hall–Kier alpha value is -0.610. The number of rotatable bonds is 2. The van der Waals surface area contributed by atoms with E-state index in [0.717, 1.165) is 6.42 Å². The number of aliphatic carboxylic acids is 1. The molecule has 1 N–H and O–H groups in total. The van der Waals surface area contributed by atoms with Crippen LogP contribution in [0.15, 0.2) is 0 Å². The van der Waals surface area contributed by atoms with E-state index in [0.29, 0.717) is 26.2 Å². The highest BCUT2D eigenvalue weighted by molar-refractivity contribution is 5.76. The maximum atomic E-state index is 11.4. The third-order valence-electron chi connectivity index (χ3n) is 3.67. The summed E-state index contributed by atoms with van der Waals surface area (Å²) in [5.41, 5.74) is -0.698. The topological polar surface area (TPSA) is 55.8 Å². The van der Waals surface area contributed by atoms with Crippen molar-refractivity contribution in [1.82, 2.24) is 0 Å². The molecular formula is C10H16O4. The van der Waals surface area contributed by atoms with Gasteiger partial charge in [-0.3, -0.25) is 4.79 Å². The second-order valence-corrected chi connectivity index (χ2v) is 4.17. The molecule has 3 atom stereocenters. The van der Waals surface area contributed by atoms with E-state index in [1.165, 1.54) is 0 Å². The molecule has 2 rings (SSSR count). The minimum Gasteiger partial charge on any atom is -0.481 e. The number of hydrogen-bond donors (Lipinski definition) is 1. The molecule has 2 aliphatic heterocycles. The predicted octanol–water partition coefficient (Wildman–Crippen LogP) is 0.903. The zero-order valence-corrected chi connectivity index (χ0v) is 8.36. The minimum absolute atomic E-state index is 0.123. The second kappa shape index (κ2) is 3.51. The Labute approximate surface area is 83.2 Å². The monoisotopic (exact) mass is 200 g/mol. The third-order valence-corrected chi connectivity index (χ3v) is 3.67. The van der Waals surface area contributed by atoms with Gasteiger partial charge in [0, 0.05) is 19.1 Å². The van der Waals surface area contributed by atoms with Crippen LogP contribution in [0.5, 0.6) is 0 Å². The standard InChI is InChI=1S/C10H16O4/c1-7-10(9(11)12,3-5-14-7)8-2-4-13-6-8/h7-8H,2-6H2,1H3,(H,11,12). The molecule has 0 aromatic rings. The molecule has 2 aliphatic rings. The van der Waals surface area contributed by atoms with E-state index in [2.05, 4.69) is 0 Å². The summed E-state index contributed by atoms with van der Waals surface area (Å²) >= 11 is 0. The van der Waals surface area contributed by atoms with E-state index in [1.54, 1.807) is 0 Å². The summed E-state index contributed by atoms with van der Waals surface area (Å²) in [6.07, 6.45) is 1.28. The van der Waals surface area contributed by atoms with Gasteiger partial charge in [0.2, 0.25) is 0 Å². The summed E-state index contributed by atoms with van der Waals surface area (Å²) in [7, 11) is 0. The quantitative estimate of drug-likeness (QED) is 0.719. The number of hydrogen-bond acceptors (Lipinski definition) is 3. The molecule has 0 aromatic carbocycles. The first-order valence-corrected chi connectivity index (χ1v) is 5.10. The molecule has 2 saturated heterocycles. The van der Waals surface area contributed by atoms with Crippen LogP contribution in [0.25, 0.3) is 0 Å². The fourth-order valence-corrected chi connectivity index (χ4v) is 2.69. The predicted molar refractivity (Wildman–Crippen MR) is 49.0 cm³/mol. The molecule has 2 heterocycles. The van der Waals surface area contributed by atoms with Crippen LogP contribution in [-0.4, -0.2) is 37.0 Å². The van der Waals surface area contributed by atoms with Crippen molar-refractivity contribution in [2.45, 2.75) is 25.9 Å². The van der Waals surface area contributed by atoms with Crippen LogP contribution < -0.4 is 0 Å². The highest BCUT2D eigenvalue weighted by Gasteiger charge is 2.54. The first kappa shape index (κ1) is 9.93. The summed E-state index contributed by atoms with van der Waals surface area (Å²) in [5.74, 6) is -0.601. The first-order valence-electron chi connectivity index (χ1n) is 5.10. The van der Waals surface area contributed by atoms with Crippen molar-refractivity contribution in [1.29, 1.82) is 0 Å². The summed E-state index contributed by atoms with van der Waals surface area (Å²) in [6, 6.07) is 0. The number of carboxylic acids is 1. The summed E-state index contributed by atoms with van der Waals surface area (Å²) in [5, 5.41) is 9.36.